The molecule has 1 aliphatic heterocycles. The molecule has 0 bridgehead atoms. The Morgan fingerprint density at radius 3 is 2.33 bits per heavy atom. The molecule has 2 heterocycles. The fraction of sp³-hybridized carbons (Fsp3) is 0.300. The van der Waals surface area contributed by atoms with Crippen molar-refractivity contribution in [1.82, 2.24) is 14.4 Å². The van der Waals surface area contributed by atoms with Crippen LogP contribution in [-0.4, -0.2) is 51.4 Å². The average molecular weight is 434 g/mol. The smallest absolute Gasteiger partial charge is 0.387 e. The minimum atomic E-state index is -2.88. The van der Waals surface area contributed by atoms with E-state index in [1.54, 1.807) is 0 Å². The van der Waals surface area contributed by atoms with Crippen molar-refractivity contribution < 1.29 is 22.2 Å². The quantitative estimate of drug-likeness (QED) is 0.592. The Kier molecular flexibility index (Phi) is 6.05. The van der Waals surface area contributed by atoms with E-state index in [9.17, 15) is 13.0 Å². The van der Waals surface area contributed by atoms with E-state index < -0.39 is 17.6 Å². The molecule has 4 rings (SSSR count). The SMILES string of the molecule is Cc1ccc(-c2noc(N3CCN(S(=O)c4ccc(OC(F)F)cc4)CC3)n2)cc1. The van der Waals surface area contributed by atoms with Gasteiger partial charge in [0.15, 0.2) is 0 Å². The molecule has 0 aliphatic carbocycles. The van der Waals surface area contributed by atoms with E-state index in [1.807, 2.05) is 40.4 Å². The third-order valence-electron chi connectivity index (χ3n) is 4.72. The first-order valence-corrected chi connectivity index (χ1v) is 10.5. The highest BCUT2D eigenvalue weighted by Crippen LogP contribution is 2.23. The lowest BCUT2D eigenvalue weighted by Crippen LogP contribution is -2.47. The van der Waals surface area contributed by atoms with Gasteiger partial charge in [0.05, 0.1) is 4.90 Å². The van der Waals surface area contributed by atoms with Crippen molar-refractivity contribution in [2.24, 2.45) is 0 Å². The average Bonchev–Trinajstić information content (AvgIpc) is 3.24. The Morgan fingerprint density at radius 2 is 1.70 bits per heavy atom. The van der Waals surface area contributed by atoms with Gasteiger partial charge in [0.1, 0.15) is 16.7 Å². The lowest BCUT2D eigenvalue weighted by Gasteiger charge is -2.32. The molecule has 3 aromatic rings. The lowest BCUT2D eigenvalue weighted by molar-refractivity contribution is -0.0498. The zero-order chi connectivity index (χ0) is 21.1. The second-order valence-electron chi connectivity index (χ2n) is 6.78. The van der Waals surface area contributed by atoms with Gasteiger partial charge in [-0.25, -0.2) is 8.51 Å². The van der Waals surface area contributed by atoms with E-state index in [2.05, 4.69) is 14.9 Å². The molecule has 30 heavy (non-hydrogen) atoms. The van der Waals surface area contributed by atoms with Crippen LogP contribution in [0.5, 0.6) is 5.75 Å². The van der Waals surface area contributed by atoms with Crippen LogP contribution in [0.1, 0.15) is 5.56 Å². The maximum atomic E-state index is 12.8. The number of aromatic nitrogens is 2. The Labute approximate surface area is 174 Å². The maximum absolute atomic E-state index is 12.8. The van der Waals surface area contributed by atoms with Crippen LogP contribution in [0.15, 0.2) is 57.9 Å². The number of piperazine rings is 1. The van der Waals surface area contributed by atoms with Gasteiger partial charge >= 0.3 is 12.6 Å². The first-order valence-electron chi connectivity index (χ1n) is 9.37. The number of halogens is 2. The number of hydrogen-bond acceptors (Lipinski definition) is 6. The standard InChI is InChI=1S/C20H20F2N4O3S/c1-14-2-4-15(5-3-14)18-23-20(29-24-18)25-10-12-26(13-11-25)30(27)17-8-6-16(7-9-17)28-19(21)22/h2-9,19H,10-13H2,1H3. The number of aryl methyl sites for hydroxylation is 1. The molecule has 0 N–H and O–H groups in total. The van der Waals surface area contributed by atoms with Gasteiger partial charge < -0.3 is 14.2 Å². The van der Waals surface area contributed by atoms with Gasteiger partial charge in [0.25, 0.3) is 0 Å². The van der Waals surface area contributed by atoms with E-state index in [0.717, 1.165) is 11.1 Å². The first kappa shape index (κ1) is 20.4. The summed E-state index contributed by atoms with van der Waals surface area (Å²) in [5, 5.41) is 4.06. The van der Waals surface area contributed by atoms with Crippen LogP contribution in [0, 0.1) is 6.92 Å². The molecule has 0 radical (unpaired) electrons. The summed E-state index contributed by atoms with van der Waals surface area (Å²) in [4.78, 5) is 6.96. The third kappa shape index (κ3) is 4.65. The number of nitrogens with zero attached hydrogens (tertiary/aromatic N) is 4. The Bertz CT molecular complexity index is 1000. The summed E-state index contributed by atoms with van der Waals surface area (Å²) in [6.07, 6.45) is 0. The van der Waals surface area contributed by atoms with Crippen LogP contribution in [0.4, 0.5) is 14.8 Å². The van der Waals surface area contributed by atoms with Crippen molar-refractivity contribution in [3.63, 3.8) is 0 Å². The third-order valence-corrected chi connectivity index (χ3v) is 6.23. The molecule has 2 aromatic carbocycles. The largest absolute Gasteiger partial charge is 0.435 e. The van der Waals surface area contributed by atoms with Crippen molar-refractivity contribution in [1.29, 1.82) is 0 Å². The molecule has 1 saturated heterocycles. The van der Waals surface area contributed by atoms with Crippen molar-refractivity contribution >= 4 is 17.0 Å². The minimum Gasteiger partial charge on any atom is -0.435 e. The normalized spacial score (nSPS) is 16.1. The Balaban J connectivity index is 1.36. The molecule has 1 atom stereocenters. The lowest BCUT2D eigenvalue weighted by atomic mass is 10.1. The fourth-order valence-electron chi connectivity index (χ4n) is 3.10. The van der Waals surface area contributed by atoms with Crippen molar-refractivity contribution in [3.8, 4) is 17.1 Å². The summed E-state index contributed by atoms with van der Waals surface area (Å²) in [7, 11) is -1.39. The first-order chi connectivity index (χ1) is 14.5. The van der Waals surface area contributed by atoms with Gasteiger partial charge in [-0.05, 0) is 31.2 Å². The monoisotopic (exact) mass is 434 g/mol. The van der Waals surface area contributed by atoms with Crippen LogP contribution in [0.25, 0.3) is 11.4 Å². The number of ether oxygens (including phenoxy) is 1. The van der Waals surface area contributed by atoms with Crippen LogP contribution in [0.2, 0.25) is 0 Å². The second kappa shape index (κ2) is 8.88. The number of alkyl halides is 2. The predicted molar refractivity (Wildman–Crippen MR) is 108 cm³/mol. The van der Waals surface area contributed by atoms with Gasteiger partial charge in [-0.1, -0.05) is 35.0 Å². The molecule has 1 fully saturated rings. The van der Waals surface area contributed by atoms with E-state index in [0.29, 0.717) is 42.9 Å². The molecule has 1 unspecified atom stereocenters. The summed E-state index contributed by atoms with van der Waals surface area (Å²) in [6, 6.07) is 14.2. The summed E-state index contributed by atoms with van der Waals surface area (Å²) in [6.45, 7) is 1.35. The van der Waals surface area contributed by atoms with E-state index in [4.69, 9.17) is 4.52 Å². The molecule has 0 amide bonds. The highest BCUT2D eigenvalue weighted by molar-refractivity contribution is 7.82. The van der Waals surface area contributed by atoms with E-state index in [-0.39, 0.29) is 5.75 Å². The van der Waals surface area contributed by atoms with Crippen LogP contribution in [0.3, 0.4) is 0 Å². The van der Waals surface area contributed by atoms with Crippen molar-refractivity contribution in [3.05, 3.63) is 54.1 Å². The summed E-state index contributed by atoms with van der Waals surface area (Å²) in [5.41, 5.74) is 2.04. The number of rotatable bonds is 6. The van der Waals surface area contributed by atoms with Gasteiger partial charge in [-0.15, -0.1) is 0 Å². The van der Waals surface area contributed by atoms with Gasteiger partial charge in [0, 0.05) is 31.7 Å². The van der Waals surface area contributed by atoms with Crippen LogP contribution in [-0.2, 0) is 11.0 Å². The number of benzene rings is 2. The van der Waals surface area contributed by atoms with Gasteiger partial charge in [-0.3, -0.25) is 0 Å². The summed E-state index contributed by atoms with van der Waals surface area (Å²) >= 11 is 0. The minimum absolute atomic E-state index is 0.0383. The Morgan fingerprint density at radius 1 is 1.03 bits per heavy atom. The van der Waals surface area contributed by atoms with E-state index in [1.165, 1.54) is 24.3 Å². The van der Waals surface area contributed by atoms with Crippen LogP contribution < -0.4 is 9.64 Å². The Hall–Kier alpha value is -2.85. The molecule has 0 saturated carbocycles. The number of hydrogen-bond donors (Lipinski definition) is 0. The second-order valence-corrected chi connectivity index (χ2v) is 8.27. The van der Waals surface area contributed by atoms with Gasteiger partial charge in [0.2, 0.25) is 5.82 Å². The molecule has 1 aromatic heterocycles. The zero-order valence-electron chi connectivity index (χ0n) is 16.2. The summed E-state index contributed by atoms with van der Waals surface area (Å²) in [5.74, 6) is 0.568. The highest BCUT2D eigenvalue weighted by Gasteiger charge is 2.25. The fourth-order valence-corrected chi connectivity index (χ4v) is 4.26. The van der Waals surface area contributed by atoms with E-state index >= 15 is 0 Å². The molecule has 0 spiro atoms. The molecule has 1 aliphatic rings. The topological polar surface area (TPSA) is 71.7 Å². The molecular formula is C20H20F2N4O3S. The maximum Gasteiger partial charge on any atom is 0.387 e. The molecule has 7 nitrogen and oxygen atoms in total. The molecular weight excluding hydrogens is 414 g/mol. The predicted octanol–water partition coefficient (Wildman–Crippen LogP) is 3.49. The zero-order valence-corrected chi connectivity index (χ0v) is 17.0. The summed E-state index contributed by atoms with van der Waals surface area (Å²) < 4.78 is 48.8. The van der Waals surface area contributed by atoms with Crippen LogP contribution >= 0.6 is 0 Å². The molecule has 158 valence electrons. The number of anilines is 1. The highest BCUT2D eigenvalue weighted by atomic mass is 32.2. The van der Waals surface area contributed by atoms with Crippen molar-refractivity contribution in [2.75, 3.05) is 31.1 Å². The van der Waals surface area contributed by atoms with Gasteiger partial charge in [-0.2, -0.15) is 13.8 Å². The van der Waals surface area contributed by atoms with Crippen molar-refractivity contribution in [2.45, 2.75) is 18.4 Å². The molecule has 10 heteroatoms.